The Morgan fingerprint density at radius 2 is 1.76 bits per heavy atom. The summed E-state index contributed by atoms with van der Waals surface area (Å²) >= 11 is 1.66. The number of aromatic nitrogens is 2. The van der Waals surface area contributed by atoms with E-state index in [1.54, 1.807) is 11.8 Å². The average molecular weight is 245 g/mol. The summed E-state index contributed by atoms with van der Waals surface area (Å²) in [4.78, 5) is 8.65. The highest BCUT2D eigenvalue weighted by Gasteiger charge is 1.99. The van der Waals surface area contributed by atoms with Crippen molar-refractivity contribution in [2.45, 2.75) is 17.5 Å². The number of thioether (sulfide) groups is 1. The van der Waals surface area contributed by atoms with E-state index in [-0.39, 0.29) is 0 Å². The molecule has 1 aromatic carbocycles. The van der Waals surface area contributed by atoms with Crippen LogP contribution in [0.15, 0.2) is 47.9 Å². The van der Waals surface area contributed by atoms with Gasteiger partial charge in [0.1, 0.15) is 0 Å². The summed E-state index contributed by atoms with van der Waals surface area (Å²) in [5, 5.41) is 3.90. The van der Waals surface area contributed by atoms with E-state index >= 15 is 0 Å². The monoisotopic (exact) mass is 245 g/mol. The second kappa shape index (κ2) is 6.37. The van der Waals surface area contributed by atoms with E-state index in [4.69, 9.17) is 0 Å². The summed E-state index contributed by atoms with van der Waals surface area (Å²) in [6.07, 6.45) is 3.74. The van der Waals surface area contributed by atoms with Crippen LogP contribution >= 0.6 is 11.8 Å². The van der Waals surface area contributed by atoms with Crippen molar-refractivity contribution in [3.05, 3.63) is 53.9 Å². The molecule has 2 aromatic rings. The predicted octanol–water partition coefficient (Wildman–Crippen LogP) is 2.49. The largest absolute Gasteiger partial charge is 0.316 e. The Bertz CT molecular complexity index is 442. The van der Waals surface area contributed by atoms with E-state index in [9.17, 15) is 0 Å². The molecule has 0 fully saturated rings. The van der Waals surface area contributed by atoms with Crippen LogP contribution in [0.4, 0.5) is 0 Å². The quantitative estimate of drug-likeness (QED) is 0.649. The second-order valence-corrected chi connectivity index (χ2v) is 4.62. The molecule has 0 spiro atoms. The Balaban J connectivity index is 1.91. The van der Waals surface area contributed by atoms with Crippen LogP contribution in [0.2, 0.25) is 0 Å². The maximum atomic E-state index is 4.32. The summed E-state index contributed by atoms with van der Waals surface area (Å²) in [6, 6.07) is 10.3. The Morgan fingerprint density at radius 1 is 1.06 bits per heavy atom. The summed E-state index contributed by atoms with van der Waals surface area (Å²) in [5.74, 6) is 0.909. The van der Waals surface area contributed by atoms with Gasteiger partial charge < -0.3 is 5.32 Å². The van der Waals surface area contributed by atoms with Crippen molar-refractivity contribution in [2.75, 3.05) is 7.05 Å². The first kappa shape index (κ1) is 12.1. The molecule has 0 atom stereocenters. The Morgan fingerprint density at radius 3 is 2.41 bits per heavy atom. The van der Waals surface area contributed by atoms with Crippen LogP contribution in [0, 0.1) is 0 Å². The van der Waals surface area contributed by atoms with Gasteiger partial charge in [0.25, 0.3) is 0 Å². The minimum absolute atomic E-state index is 0.809. The second-order valence-electron chi connectivity index (χ2n) is 3.68. The lowest BCUT2D eigenvalue weighted by atomic mass is 10.2. The Kier molecular flexibility index (Phi) is 4.53. The van der Waals surface area contributed by atoms with Crippen molar-refractivity contribution in [1.29, 1.82) is 0 Å². The fourth-order valence-corrected chi connectivity index (χ4v) is 2.18. The maximum absolute atomic E-state index is 4.32. The van der Waals surface area contributed by atoms with Crippen molar-refractivity contribution < 1.29 is 0 Å². The average Bonchev–Trinajstić information content (AvgIpc) is 2.40. The van der Waals surface area contributed by atoms with Crippen LogP contribution in [-0.2, 0) is 12.3 Å². The van der Waals surface area contributed by atoms with Gasteiger partial charge in [0.15, 0.2) is 5.16 Å². The van der Waals surface area contributed by atoms with Crippen molar-refractivity contribution >= 4 is 11.8 Å². The van der Waals surface area contributed by atoms with Crippen molar-refractivity contribution in [3.8, 4) is 0 Å². The van der Waals surface area contributed by atoms with Gasteiger partial charge in [0.2, 0.25) is 0 Å². The van der Waals surface area contributed by atoms with Gasteiger partial charge in [-0.2, -0.15) is 0 Å². The van der Waals surface area contributed by atoms with Gasteiger partial charge in [-0.1, -0.05) is 42.1 Å². The third kappa shape index (κ3) is 3.84. The summed E-state index contributed by atoms with van der Waals surface area (Å²) in [7, 11) is 1.91. The first-order valence-corrected chi connectivity index (χ1v) is 6.49. The minimum atomic E-state index is 0.809. The molecule has 0 aliphatic rings. The fourth-order valence-electron chi connectivity index (χ4n) is 1.43. The number of rotatable bonds is 5. The molecule has 88 valence electrons. The van der Waals surface area contributed by atoms with E-state index < -0.39 is 0 Å². The van der Waals surface area contributed by atoms with Gasteiger partial charge in [-0.15, -0.1) is 0 Å². The lowest BCUT2D eigenvalue weighted by Gasteiger charge is -2.02. The first-order valence-electron chi connectivity index (χ1n) is 5.51. The molecule has 4 heteroatoms. The molecular formula is C13H15N3S. The van der Waals surface area contributed by atoms with E-state index in [2.05, 4.69) is 27.4 Å². The molecule has 0 saturated carbocycles. The highest BCUT2D eigenvalue weighted by atomic mass is 32.2. The highest BCUT2D eigenvalue weighted by molar-refractivity contribution is 7.98. The zero-order chi connectivity index (χ0) is 11.9. The smallest absolute Gasteiger partial charge is 0.187 e. The van der Waals surface area contributed by atoms with Gasteiger partial charge >= 0.3 is 0 Å². The molecular weight excluding hydrogens is 230 g/mol. The summed E-state index contributed by atoms with van der Waals surface area (Å²) in [6.45, 7) is 0.809. The van der Waals surface area contributed by atoms with Crippen LogP contribution in [0.5, 0.6) is 0 Å². The maximum Gasteiger partial charge on any atom is 0.187 e. The molecule has 0 aliphatic carbocycles. The molecule has 17 heavy (non-hydrogen) atoms. The lowest BCUT2D eigenvalue weighted by molar-refractivity contribution is 0.793. The number of hydrogen-bond acceptors (Lipinski definition) is 4. The third-order valence-corrected chi connectivity index (χ3v) is 3.22. The summed E-state index contributed by atoms with van der Waals surface area (Å²) in [5.41, 5.74) is 2.40. The molecule has 0 amide bonds. The van der Waals surface area contributed by atoms with Crippen molar-refractivity contribution in [3.63, 3.8) is 0 Å². The van der Waals surface area contributed by atoms with E-state index in [0.29, 0.717) is 0 Å². The van der Waals surface area contributed by atoms with Crippen LogP contribution in [0.3, 0.4) is 0 Å². The lowest BCUT2D eigenvalue weighted by Crippen LogP contribution is -2.05. The number of nitrogens with zero attached hydrogens (tertiary/aromatic N) is 2. The van der Waals surface area contributed by atoms with Crippen molar-refractivity contribution in [2.24, 2.45) is 0 Å². The molecule has 2 rings (SSSR count). The predicted molar refractivity (Wildman–Crippen MR) is 70.8 cm³/mol. The molecule has 0 aliphatic heterocycles. The number of nitrogens with one attached hydrogen (secondary N) is 1. The topological polar surface area (TPSA) is 37.8 Å². The zero-order valence-corrected chi connectivity index (χ0v) is 10.6. The Hall–Kier alpha value is -1.39. The molecule has 0 unspecified atom stereocenters. The third-order valence-electron chi connectivity index (χ3n) is 2.27. The number of benzene rings is 1. The van der Waals surface area contributed by atoms with E-state index in [0.717, 1.165) is 23.0 Å². The van der Waals surface area contributed by atoms with E-state index in [1.807, 2.05) is 37.6 Å². The summed E-state index contributed by atoms with van der Waals surface area (Å²) < 4.78 is 0. The SMILES string of the molecule is CNCc1cnc(SCc2ccccc2)nc1. The van der Waals surface area contributed by atoms with Crippen LogP contribution < -0.4 is 5.32 Å². The Labute approximate surface area is 106 Å². The molecule has 0 saturated heterocycles. The standard InChI is InChI=1S/C13H15N3S/c1-14-7-12-8-15-13(16-9-12)17-10-11-5-3-2-4-6-11/h2-6,8-9,14H,7,10H2,1H3. The molecule has 1 aromatic heterocycles. The van der Waals surface area contributed by atoms with Crippen LogP contribution in [0.1, 0.15) is 11.1 Å². The fraction of sp³-hybridized carbons (Fsp3) is 0.231. The van der Waals surface area contributed by atoms with E-state index in [1.165, 1.54) is 5.56 Å². The minimum Gasteiger partial charge on any atom is -0.316 e. The molecule has 1 heterocycles. The van der Waals surface area contributed by atoms with Gasteiger partial charge in [-0.25, -0.2) is 9.97 Å². The first-order chi connectivity index (χ1) is 8.38. The van der Waals surface area contributed by atoms with Gasteiger partial charge in [0, 0.05) is 30.3 Å². The van der Waals surface area contributed by atoms with Crippen molar-refractivity contribution in [1.82, 2.24) is 15.3 Å². The molecule has 3 nitrogen and oxygen atoms in total. The van der Waals surface area contributed by atoms with Crippen LogP contribution in [0.25, 0.3) is 0 Å². The highest BCUT2D eigenvalue weighted by Crippen LogP contribution is 2.18. The van der Waals surface area contributed by atoms with Gasteiger partial charge in [0.05, 0.1) is 0 Å². The van der Waals surface area contributed by atoms with Gasteiger partial charge in [-0.05, 0) is 12.6 Å². The molecule has 0 radical (unpaired) electrons. The normalized spacial score (nSPS) is 10.4. The van der Waals surface area contributed by atoms with Crippen LogP contribution in [-0.4, -0.2) is 17.0 Å². The molecule has 0 bridgehead atoms. The number of hydrogen-bond donors (Lipinski definition) is 1. The zero-order valence-electron chi connectivity index (χ0n) is 9.76. The van der Waals surface area contributed by atoms with Gasteiger partial charge in [-0.3, -0.25) is 0 Å². The molecule has 1 N–H and O–H groups in total.